The standard InChI is InChI=1S/C18H19N3O4S/c1-3-7-25-18(23)21-17-20-15(10-26-17)12-4-5-16-13(9-12)14(6-8-24-16)19-11(2)22/h3-5,9-10,14H,1,6-8H2,2H3,(H,19,22)(H,20,21,23). The summed E-state index contributed by atoms with van der Waals surface area (Å²) >= 11 is 1.31. The average Bonchev–Trinajstić information content (AvgIpc) is 3.08. The lowest BCUT2D eigenvalue weighted by molar-refractivity contribution is -0.119. The van der Waals surface area contributed by atoms with Crippen molar-refractivity contribution < 1.29 is 19.1 Å². The highest BCUT2D eigenvalue weighted by molar-refractivity contribution is 7.14. The van der Waals surface area contributed by atoms with Gasteiger partial charge >= 0.3 is 6.09 Å². The highest BCUT2D eigenvalue weighted by Crippen LogP contribution is 2.36. The minimum Gasteiger partial charge on any atom is -0.493 e. The first-order valence-corrected chi connectivity index (χ1v) is 8.99. The van der Waals surface area contributed by atoms with Crippen LogP contribution in [0.5, 0.6) is 5.75 Å². The van der Waals surface area contributed by atoms with Gasteiger partial charge in [0, 0.05) is 29.9 Å². The lowest BCUT2D eigenvalue weighted by Crippen LogP contribution is -2.30. The van der Waals surface area contributed by atoms with Gasteiger partial charge in [-0.15, -0.1) is 11.3 Å². The number of rotatable bonds is 5. The van der Waals surface area contributed by atoms with Crippen molar-refractivity contribution in [3.05, 3.63) is 41.8 Å². The van der Waals surface area contributed by atoms with E-state index in [1.807, 2.05) is 23.6 Å². The van der Waals surface area contributed by atoms with Crippen LogP contribution in [0.3, 0.4) is 0 Å². The number of carbonyl (C=O) groups excluding carboxylic acids is 2. The predicted molar refractivity (Wildman–Crippen MR) is 99.4 cm³/mol. The highest BCUT2D eigenvalue weighted by Gasteiger charge is 2.23. The molecule has 1 aromatic heterocycles. The molecular weight excluding hydrogens is 354 g/mol. The minimum absolute atomic E-state index is 0.0774. The van der Waals surface area contributed by atoms with E-state index in [4.69, 9.17) is 9.47 Å². The van der Waals surface area contributed by atoms with E-state index in [9.17, 15) is 9.59 Å². The van der Waals surface area contributed by atoms with Gasteiger partial charge < -0.3 is 14.8 Å². The third-order valence-corrected chi connectivity index (χ3v) is 4.53. The molecule has 3 rings (SSSR count). The molecule has 1 aromatic carbocycles. The molecular formula is C18H19N3O4S. The molecule has 2 amide bonds. The number of carbonyl (C=O) groups is 2. The maximum atomic E-state index is 11.6. The van der Waals surface area contributed by atoms with Gasteiger partial charge in [0.2, 0.25) is 5.91 Å². The summed E-state index contributed by atoms with van der Waals surface area (Å²) in [7, 11) is 0. The molecule has 2 N–H and O–H groups in total. The van der Waals surface area contributed by atoms with Crippen LogP contribution in [0.25, 0.3) is 11.3 Å². The van der Waals surface area contributed by atoms with Gasteiger partial charge in [-0.3, -0.25) is 10.1 Å². The molecule has 0 spiro atoms. The number of amides is 2. The van der Waals surface area contributed by atoms with E-state index in [1.165, 1.54) is 24.3 Å². The molecule has 1 aliphatic heterocycles. The fourth-order valence-corrected chi connectivity index (χ4v) is 3.38. The van der Waals surface area contributed by atoms with Crippen molar-refractivity contribution in [3.63, 3.8) is 0 Å². The van der Waals surface area contributed by atoms with Gasteiger partial charge in [-0.05, 0) is 18.2 Å². The SMILES string of the molecule is C=CCOC(=O)Nc1nc(-c2ccc3c(c2)C(NC(C)=O)CCO3)cs1. The fraction of sp³-hybridized carbons (Fsp3) is 0.278. The number of aromatic nitrogens is 1. The van der Waals surface area contributed by atoms with Crippen molar-refractivity contribution in [3.8, 4) is 17.0 Å². The van der Waals surface area contributed by atoms with Crippen LogP contribution in [0.15, 0.2) is 36.2 Å². The van der Waals surface area contributed by atoms with Crippen LogP contribution in [-0.2, 0) is 9.53 Å². The normalized spacial score (nSPS) is 15.3. The van der Waals surface area contributed by atoms with Crippen molar-refractivity contribution >= 4 is 28.5 Å². The van der Waals surface area contributed by atoms with Crippen LogP contribution >= 0.6 is 11.3 Å². The van der Waals surface area contributed by atoms with Gasteiger partial charge in [0.15, 0.2) is 5.13 Å². The van der Waals surface area contributed by atoms with Gasteiger partial charge in [0.05, 0.1) is 18.3 Å². The molecule has 0 fully saturated rings. The van der Waals surface area contributed by atoms with Crippen molar-refractivity contribution in [1.82, 2.24) is 10.3 Å². The average molecular weight is 373 g/mol. The number of hydrogen-bond donors (Lipinski definition) is 2. The number of ether oxygens (including phenoxy) is 2. The van der Waals surface area contributed by atoms with Crippen LogP contribution in [0.2, 0.25) is 0 Å². The fourth-order valence-electron chi connectivity index (χ4n) is 2.67. The molecule has 26 heavy (non-hydrogen) atoms. The number of hydrogen-bond acceptors (Lipinski definition) is 6. The third-order valence-electron chi connectivity index (χ3n) is 3.77. The Labute approximate surface area is 155 Å². The predicted octanol–water partition coefficient (Wildman–Crippen LogP) is 3.50. The van der Waals surface area contributed by atoms with E-state index in [0.29, 0.717) is 11.7 Å². The second-order valence-corrected chi connectivity index (χ2v) is 6.55. The molecule has 2 heterocycles. The van der Waals surface area contributed by atoms with Crippen LogP contribution in [0.1, 0.15) is 24.9 Å². The Bertz CT molecular complexity index is 834. The molecule has 0 saturated carbocycles. The molecule has 136 valence electrons. The Balaban J connectivity index is 1.79. The number of fused-ring (bicyclic) bond motifs is 1. The number of anilines is 1. The maximum absolute atomic E-state index is 11.6. The lowest BCUT2D eigenvalue weighted by atomic mass is 9.97. The van der Waals surface area contributed by atoms with Crippen LogP contribution in [-0.4, -0.2) is 30.2 Å². The topological polar surface area (TPSA) is 89.5 Å². The first-order chi connectivity index (χ1) is 12.6. The number of benzene rings is 1. The largest absolute Gasteiger partial charge is 0.493 e. The van der Waals surface area contributed by atoms with Crippen LogP contribution in [0, 0.1) is 0 Å². The van der Waals surface area contributed by atoms with Gasteiger partial charge in [-0.25, -0.2) is 9.78 Å². The summed E-state index contributed by atoms with van der Waals surface area (Å²) < 4.78 is 10.5. The van der Waals surface area contributed by atoms with E-state index >= 15 is 0 Å². The molecule has 1 atom stereocenters. The monoisotopic (exact) mass is 373 g/mol. The van der Waals surface area contributed by atoms with Crippen LogP contribution in [0.4, 0.5) is 9.93 Å². The van der Waals surface area contributed by atoms with E-state index < -0.39 is 6.09 Å². The van der Waals surface area contributed by atoms with Gasteiger partial charge in [-0.1, -0.05) is 12.7 Å². The molecule has 0 radical (unpaired) electrons. The molecule has 7 nitrogen and oxygen atoms in total. The summed E-state index contributed by atoms with van der Waals surface area (Å²) in [4.78, 5) is 27.4. The maximum Gasteiger partial charge on any atom is 0.413 e. The Morgan fingerprint density at radius 2 is 2.35 bits per heavy atom. The number of thiazole rings is 1. The first-order valence-electron chi connectivity index (χ1n) is 8.11. The Kier molecular flexibility index (Phi) is 5.52. The molecule has 0 aliphatic carbocycles. The van der Waals surface area contributed by atoms with Crippen molar-refractivity contribution in [2.75, 3.05) is 18.5 Å². The summed E-state index contributed by atoms with van der Waals surface area (Å²) in [5, 5.41) is 7.82. The first kappa shape index (κ1) is 17.9. The number of nitrogens with zero attached hydrogens (tertiary/aromatic N) is 1. The molecule has 1 aliphatic rings. The minimum atomic E-state index is -0.574. The summed E-state index contributed by atoms with van der Waals surface area (Å²) in [5.41, 5.74) is 2.54. The second-order valence-electron chi connectivity index (χ2n) is 5.69. The smallest absolute Gasteiger partial charge is 0.413 e. The quantitative estimate of drug-likeness (QED) is 0.783. The summed E-state index contributed by atoms with van der Waals surface area (Å²) in [6.07, 6.45) is 1.64. The van der Waals surface area contributed by atoms with Crippen molar-refractivity contribution in [2.24, 2.45) is 0 Å². The highest BCUT2D eigenvalue weighted by atomic mass is 32.1. The lowest BCUT2D eigenvalue weighted by Gasteiger charge is -2.26. The summed E-state index contributed by atoms with van der Waals surface area (Å²) in [5.74, 6) is 0.687. The number of nitrogens with one attached hydrogen (secondary N) is 2. The molecule has 0 saturated heterocycles. The Hall–Kier alpha value is -2.87. The summed E-state index contributed by atoms with van der Waals surface area (Å²) in [6.45, 7) is 5.69. The van der Waals surface area contributed by atoms with Gasteiger partial charge in [0.1, 0.15) is 12.4 Å². The van der Waals surface area contributed by atoms with E-state index in [0.717, 1.165) is 29.0 Å². The third kappa shape index (κ3) is 4.20. The zero-order valence-corrected chi connectivity index (χ0v) is 15.1. The van der Waals surface area contributed by atoms with Gasteiger partial charge in [-0.2, -0.15) is 0 Å². The van der Waals surface area contributed by atoms with Crippen molar-refractivity contribution in [1.29, 1.82) is 0 Å². The molecule has 0 bridgehead atoms. The molecule has 1 unspecified atom stereocenters. The van der Waals surface area contributed by atoms with Crippen molar-refractivity contribution in [2.45, 2.75) is 19.4 Å². The van der Waals surface area contributed by atoms with E-state index in [-0.39, 0.29) is 18.6 Å². The second kappa shape index (κ2) is 8.01. The Morgan fingerprint density at radius 1 is 1.50 bits per heavy atom. The molecule has 2 aromatic rings. The zero-order valence-electron chi connectivity index (χ0n) is 14.3. The van der Waals surface area contributed by atoms with Crippen LogP contribution < -0.4 is 15.4 Å². The zero-order chi connectivity index (χ0) is 18.5. The Morgan fingerprint density at radius 3 is 3.12 bits per heavy atom. The van der Waals surface area contributed by atoms with E-state index in [2.05, 4.69) is 22.2 Å². The van der Waals surface area contributed by atoms with Gasteiger partial charge in [0.25, 0.3) is 0 Å². The van der Waals surface area contributed by atoms with E-state index in [1.54, 1.807) is 0 Å². The summed E-state index contributed by atoms with van der Waals surface area (Å²) in [6, 6.07) is 5.67. The molecule has 8 heteroatoms.